The lowest BCUT2D eigenvalue weighted by atomic mass is 10.0. The Hall–Kier alpha value is -3.97. The molecule has 4 atom stereocenters. The summed E-state index contributed by atoms with van der Waals surface area (Å²) in [5.41, 5.74) is 12.4. The molecule has 0 saturated carbocycles. The number of benzene rings is 1. The Labute approximate surface area is 214 Å². The highest BCUT2D eigenvalue weighted by molar-refractivity contribution is 5.94. The molecule has 2 aromatic rings. The van der Waals surface area contributed by atoms with E-state index < -0.39 is 47.9 Å². The number of nitrogens with one attached hydrogen (secondary N) is 4. The molecule has 0 saturated heterocycles. The number of nitrogens with zero attached hydrogens (tertiary/aromatic N) is 1. The minimum absolute atomic E-state index is 0.00237. The highest BCUT2D eigenvalue weighted by atomic mass is 16.4. The van der Waals surface area contributed by atoms with Crippen LogP contribution in [0.1, 0.15) is 37.4 Å². The van der Waals surface area contributed by atoms with Crippen LogP contribution in [0.25, 0.3) is 0 Å². The van der Waals surface area contributed by atoms with Crippen LogP contribution in [-0.2, 0) is 32.0 Å². The predicted octanol–water partition coefficient (Wildman–Crippen LogP) is -1.08. The van der Waals surface area contributed by atoms with Gasteiger partial charge in [-0.1, -0.05) is 18.6 Å². The first kappa shape index (κ1) is 29.3. The number of nitrogens with two attached hydrogens (primary N) is 2. The van der Waals surface area contributed by atoms with Gasteiger partial charge in [0.15, 0.2) is 0 Å². The number of phenolic OH excluding ortho intramolecular Hbond substituents is 1. The van der Waals surface area contributed by atoms with Gasteiger partial charge in [0, 0.05) is 24.7 Å². The number of carbonyl (C=O) groups excluding carboxylic acids is 3. The van der Waals surface area contributed by atoms with Crippen molar-refractivity contribution in [1.29, 1.82) is 0 Å². The van der Waals surface area contributed by atoms with Gasteiger partial charge in [-0.25, -0.2) is 9.78 Å². The van der Waals surface area contributed by atoms with Gasteiger partial charge in [-0.3, -0.25) is 14.4 Å². The first-order chi connectivity index (χ1) is 17.6. The zero-order valence-corrected chi connectivity index (χ0v) is 20.6. The molecule has 0 aliphatic heterocycles. The van der Waals surface area contributed by atoms with Gasteiger partial charge in [0.2, 0.25) is 17.7 Å². The number of imidazole rings is 1. The summed E-state index contributed by atoms with van der Waals surface area (Å²) in [5.74, 6) is -3.12. The van der Waals surface area contributed by atoms with Crippen molar-refractivity contribution < 1.29 is 29.4 Å². The number of aromatic nitrogens is 2. The molecule has 2 rings (SSSR count). The molecular weight excluding hydrogens is 482 g/mol. The topological polar surface area (TPSA) is 226 Å². The van der Waals surface area contributed by atoms with Crippen molar-refractivity contribution in [1.82, 2.24) is 25.9 Å². The summed E-state index contributed by atoms with van der Waals surface area (Å²) < 4.78 is 0. The van der Waals surface area contributed by atoms with E-state index in [0.717, 1.165) is 6.42 Å². The van der Waals surface area contributed by atoms with Gasteiger partial charge < -0.3 is 42.6 Å². The number of hydrogen-bond donors (Lipinski definition) is 8. The summed E-state index contributed by atoms with van der Waals surface area (Å²) in [6.07, 6.45) is 4.66. The average Bonchev–Trinajstić information content (AvgIpc) is 3.37. The summed E-state index contributed by atoms with van der Waals surface area (Å²) in [6, 6.07) is 1.67. The Morgan fingerprint density at radius 3 is 2.24 bits per heavy atom. The lowest BCUT2D eigenvalue weighted by Crippen LogP contribution is -2.57. The fourth-order valence-electron chi connectivity index (χ4n) is 3.49. The van der Waals surface area contributed by atoms with E-state index in [9.17, 15) is 29.4 Å². The molecule has 13 heteroatoms. The molecule has 10 N–H and O–H groups in total. The molecule has 0 bridgehead atoms. The summed E-state index contributed by atoms with van der Waals surface area (Å²) in [5, 5.41) is 26.6. The third kappa shape index (κ3) is 9.89. The molecule has 0 fully saturated rings. The number of unbranched alkanes of at least 4 members (excludes halogenated alkanes) is 1. The zero-order valence-electron chi connectivity index (χ0n) is 20.6. The number of aromatic hydroxyl groups is 1. The maximum Gasteiger partial charge on any atom is 0.326 e. The van der Waals surface area contributed by atoms with E-state index in [0.29, 0.717) is 30.6 Å². The number of hydrogen-bond acceptors (Lipinski definition) is 8. The van der Waals surface area contributed by atoms with Crippen LogP contribution < -0.4 is 27.4 Å². The van der Waals surface area contributed by atoms with Gasteiger partial charge >= 0.3 is 5.97 Å². The van der Waals surface area contributed by atoms with E-state index in [2.05, 4.69) is 25.9 Å². The molecule has 0 aliphatic rings. The minimum atomic E-state index is -1.29. The maximum atomic E-state index is 13.1. The number of phenols is 1. The van der Waals surface area contributed by atoms with E-state index in [1.165, 1.54) is 31.6 Å². The lowest BCUT2D eigenvalue weighted by Gasteiger charge is -2.23. The summed E-state index contributed by atoms with van der Waals surface area (Å²) >= 11 is 0. The molecule has 0 aliphatic carbocycles. The van der Waals surface area contributed by atoms with Gasteiger partial charge in [0.1, 0.15) is 23.9 Å². The van der Waals surface area contributed by atoms with Crippen molar-refractivity contribution in [2.45, 2.75) is 63.2 Å². The van der Waals surface area contributed by atoms with Gasteiger partial charge in [0.05, 0.1) is 12.4 Å². The zero-order chi connectivity index (χ0) is 27.4. The van der Waals surface area contributed by atoms with Gasteiger partial charge in [-0.05, 0) is 44.0 Å². The Balaban J connectivity index is 2.06. The maximum absolute atomic E-state index is 13.1. The standard InChI is InChI=1S/C24H35N7O6/c1-14(29-22(34)18(26)4-2-3-9-25)21(33)30-19(11-16-12-27-13-28-16)23(35)31-20(24(36)37)10-15-5-7-17(32)8-6-15/h5-8,12-14,18-20,32H,2-4,9-11,25-26H2,1H3,(H,27,28)(H,29,34)(H,30,33)(H,31,35)(H,36,37). The first-order valence-electron chi connectivity index (χ1n) is 12.0. The van der Waals surface area contributed by atoms with Gasteiger partial charge in [0.25, 0.3) is 0 Å². The van der Waals surface area contributed by atoms with E-state index in [-0.39, 0.29) is 18.6 Å². The third-order valence-electron chi connectivity index (χ3n) is 5.66. The SMILES string of the molecule is CC(NC(=O)C(N)CCCCN)C(=O)NC(Cc1cnc[nH]1)C(=O)NC(Cc1ccc(O)cc1)C(=O)O. The number of carboxylic acid groups (broad SMARTS) is 1. The van der Waals surface area contributed by atoms with Crippen LogP contribution in [0.3, 0.4) is 0 Å². The second-order valence-corrected chi connectivity index (χ2v) is 8.73. The van der Waals surface area contributed by atoms with Crippen LogP contribution in [-0.4, -0.2) is 74.6 Å². The molecule has 0 radical (unpaired) electrons. The Morgan fingerprint density at radius 2 is 1.65 bits per heavy atom. The molecular formula is C24H35N7O6. The molecule has 3 amide bonds. The van der Waals surface area contributed by atoms with Crippen molar-refractivity contribution in [3.63, 3.8) is 0 Å². The second kappa shape index (κ2) is 14.6. The number of rotatable bonds is 15. The van der Waals surface area contributed by atoms with E-state index >= 15 is 0 Å². The first-order valence-corrected chi connectivity index (χ1v) is 12.0. The van der Waals surface area contributed by atoms with Crippen molar-refractivity contribution in [2.75, 3.05) is 6.54 Å². The number of amides is 3. The molecule has 1 heterocycles. The molecule has 1 aromatic heterocycles. The quantitative estimate of drug-likeness (QED) is 0.134. The minimum Gasteiger partial charge on any atom is -0.508 e. The monoisotopic (exact) mass is 517 g/mol. The van der Waals surface area contributed by atoms with Crippen LogP contribution in [0.15, 0.2) is 36.8 Å². The Morgan fingerprint density at radius 1 is 0.973 bits per heavy atom. The summed E-state index contributed by atoms with van der Waals surface area (Å²) in [6.45, 7) is 1.94. The molecule has 37 heavy (non-hydrogen) atoms. The molecule has 1 aromatic carbocycles. The van der Waals surface area contributed by atoms with E-state index in [1.807, 2.05) is 0 Å². The average molecular weight is 518 g/mol. The number of aliphatic carboxylic acids is 1. The smallest absolute Gasteiger partial charge is 0.326 e. The number of aromatic amines is 1. The van der Waals surface area contributed by atoms with Crippen molar-refractivity contribution in [2.24, 2.45) is 11.5 Å². The predicted molar refractivity (Wildman–Crippen MR) is 134 cm³/mol. The van der Waals surface area contributed by atoms with E-state index in [1.54, 1.807) is 12.1 Å². The summed E-state index contributed by atoms with van der Waals surface area (Å²) in [7, 11) is 0. The molecule has 4 unspecified atom stereocenters. The van der Waals surface area contributed by atoms with Crippen LogP contribution in [0, 0.1) is 0 Å². The molecule has 13 nitrogen and oxygen atoms in total. The largest absolute Gasteiger partial charge is 0.508 e. The Kier molecular flexibility index (Phi) is 11.5. The van der Waals surface area contributed by atoms with E-state index in [4.69, 9.17) is 11.5 Å². The fraction of sp³-hybridized carbons (Fsp3) is 0.458. The van der Waals surface area contributed by atoms with Crippen LogP contribution in [0.2, 0.25) is 0 Å². The van der Waals surface area contributed by atoms with Crippen LogP contribution in [0.5, 0.6) is 5.75 Å². The highest BCUT2D eigenvalue weighted by Gasteiger charge is 2.29. The van der Waals surface area contributed by atoms with Crippen LogP contribution >= 0.6 is 0 Å². The van der Waals surface area contributed by atoms with Crippen molar-refractivity contribution in [3.05, 3.63) is 48.0 Å². The normalized spacial score (nSPS) is 14.1. The number of carboxylic acids is 1. The molecule has 202 valence electrons. The van der Waals surface area contributed by atoms with Crippen molar-refractivity contribution in [3.8, 4) is 5.75 Å². The third-order valence-corrected chi connectivity index (χ3v) is 5.66. The lowest BCUT2D eigenvalue weighted by molar-refractivity contribution is -0.142. The number of carbonyl (C=O) groups is 4. The molecule has 0 spiro atoms. The fourth-order valence-corrected chi connectivity index (χ4v) is 3.49. The van der Waals surface area contributed by atoms with Gasteiger partial charge in [-0.2, -0.15) is 0 Å². The van der Waals surface area contributed by atoms with Crippen LogP contribution in [0.4, 0.5) is 0 Å². The van der Waals surface area contributed by atoms with Crippen molar-refractivity contribution >= 4 is 23.7 Å². The Bertz CT molecular complexity index is 1030. The number of H-pyrrole nitrogens is 1. The highest BCUT2D eigenvalue weighted by Crippen LogP contribution is 2.12. The van der Waals surface area contributed by atoms with Gasteiger partial charge in [-0.15, -0.1) is 0 Å². The summed E-state index contributed by atoms with van der Waals surface area (Å²) in [4.78, 5) is 56.8. The second-order valence-electron chi connectivity index (χ2n) is 8.73.